The zero-order valence-corrected chi connectivity index (χ0v) is 12.2. The highest BCUT2D eigenvalue weighted by molar-refractivity contribution is 5.82. The molecule has 108 valence electrons. The molecule has 3 aliphatic heterocycles. The molecule has 0 bridgehead atoms. The third-order valence-corrected chi connectivity index (χ3v) is 5.20. The van der Waals surface area contributed by atoms with Gasteiger partial charge in [0.1, 0.15) is 0 Å². The lowest BCUT2D eigenvalue weighted by Crippen LogP contribution is -2.52. The van der Waals surface area contributed by atoms with E-state index in [0.29, 0.717) is 11.9 Å². The Hall–Kier alpha value is -0.610. The van der Waals surface area contributed by atoms with Crippen LogP contribution in [0.2, 0.25) is 0 Å². The number of nitrogens with zero attached hydrogens (tertiary/aromatic N) is 2. The summed E-state index contributed by atoms with van der Waals surface area (Å²) in [5.41, 5.74) is -0.161. The summed E-state index contributed by atoms with van der Waals surface area (Å²) in [6.45, 7) is 8.43. The second-order valence-electron chi connectivity index (χ2n) is 6.78. The second kappa shape index (κ2) is 5.41. The zero-order valence-electron chi connectivity index (χ0n) is 12.2. The number of hydrogen-bond acceptors (Lipinski definition) is 3. The van der Waals surface area contributed by atoms with E-state index < -0.39 is 0 Å². The highest BCUT2D eigenvalue weighted by Gasteiger charge is 2.40. The molecular formula is C15H27N3O. The SMILES string of the molecule is CC1(C(=O)N2CCCN3CCCC3C2)CCCNC1. The van der Waals surface area contributed by atoms with Crippen molar-refractivity contribution in [3.05, 3.63) is 0 Å². The van der Waals surface area contributed by atoms with Gasteiger partial charge in [0.05, 0.1) is 5.41 Å². The average Bonchev–Trinajstić information content (AvgIpc) is 2.76. The lowest BCUT2D eigenvalue weighted by atomic mass is 9.81. The Bertz CT molecular complexity index is 338. The Morgan fingerprint density at radius 1 is 1.21 bits per heavy atom. The summed E-state index contributed by atoms with van der Waals surface area (Å²) in [5, 5.41) is 3.40. The molecule has 0 radical (unpaired) electrons. The fourth-order valence-electron chi connectivity index (χ4n) is 4.01. The topological polar surface area (TPSA) is 35.6 Å². The molecule has 3 saturated heterocycles. The van der Waals surface area contributed by atoms with Crippen molar-refractivity contribution in [2.75, 3.05) is 39.3 Å². The molecule has 0 aromatic heterocycles. The predicted octanol–water partition coefficient (Wildman–Crippen LogP) is 1.07. The summed E-state index contributed by atoms with van der Waals surface area (Å²) in [7, 11) is 0. The maximum absolute atomic E-state index is 12.9. The van der Waals surface area contributed by atoms with Crippen molar-refractivity contribution in [1.82, 2.24) is 15.1 Å². The first-order valence-electron chi connectivity index (χ1n) is 7.93. The highest BCUT2D eigenvalue weighted by Crippen LogP contribution is 2.30. The van der Waals surface area contributed by atoms with Crippen LogP contribution in [0.15, 0.2) is 0 Å². The molecular weight excluding hydrogens is 238 g/mol. The van der Waals surface area contributed by atoms with Crippen LogP contribution in [-0.2, 0) is 4.79 Å². The maximum atomic E-state index is 12.9. The van der Waals surface area contributed by atoms with Crippen LogP contribution in [0.5, 0.6) is 0 Å². The van der Waals surface area contributed by atoms with Crippen LogP contribution in [0, 0.1) is 5.41 Å². The van der Waals surface area contributed by atoms with Crippen molar-refractivity contribution in [2.45, 2.75) is 45.1 Å². The quantitative estimate of drug-likeness (QED) is 0.770. The van der Waals surface area contributed by atoms with Gasteiger partial charge in [0.15, 0.2) is 0 Å². The lowest BCUT2D eigenvalue weighted by molar-refractivity contribution is -0.142. The number of piperidine rings is 1. The van der Waals surface area contributed by atoms with Crippen LogP contribution in [0.25, 0.3) is 0 Å². The number of rotatable bonds is 1. The van der Waals surface area contributed by atoms with Gasteiger partial charge in [-0.1, -0.05) is 0 Å². The van der Waals surface area contributed by atoms with Crippen molar-refractivity contribution in [3.63, 3.8) is 0 Å². The van der Waals surface area contributed by atoms with Gasteiger partial charge in [-0.15, -0.1) is 0 Å². The van der Waals surface area contributed by atoms with Gasteiger partial charge in [-0.05, 0) is 52.1 Å². The van der Waals surface area contributed by atoms with Gasteiger partial charge in [0.25, 0.3) is 0 Å². The van der Waals surface area contributed by atoms with E-state index in [1.807, 2.05) is 0 Å². The van der Waals surface area contributed by atoms with E-state index in [1.165, 1.54) is 25.9 Å². The molecule has 3 aliphatic rings. The Kier molecular flexibility index (Phi) is 3.81. The van der Waals surface area contributed by atoms with Gasteiger partial charge in [-0.3, -0.25) is 9.69 Å². The summed E-state index contributed by atoms with van der Waals surface area (Å²) < 4.78 is 0. The van der Waals surface area contributed by atoms with E-state index in [1.54, 1.807) is 0 Å². The van der Waals surface area contributed by atoms with Gasteiger partial charge in [-0.25, -0.2) is 0 Å². The fourth-order valence-corrected chi connectivity index (χ4v) is 4.01. The second-order valence-corrected chi connectivity index (χ2v) is 6.78. The predicted molar refractivity (Wildman–Crippen MR) is 76.0 cm³/mol. The minimum absolute atomic E-state index is 0.161. The Morgan fingerprint density at radius 2 is 2.05 bits per heavy atom. The minimum Gasteiger partial charge on any atom is -0.341 e. The standard InChI is InChI=1S/C15H27N3O/c1-15(6-3-7-16-12-15)14(19)18-10-4-9-17-8-2-5-13(17)11-18/h13,16H,2-12H2,1H3. The summed E-state index contributed by atoms with van der Waals surface area (Å²) in [6, 6.07) is 0.631. The zero-order chi connectivity index (χ0) is 13.3. The smallest absolute Gasteiger partial charge is 0.229 e. The van der Waals surface area contributed by atoms with Crippen LogP contribution in [0.4, 0.5) is 0 Å². The largest absolute Gasteiger partial charge is 0.341 e. The first-order valence-corrected chi connectivity index (χ1v) is 7.93. The van der Waals surface area contributed by atoms with Crippen molar-refractivity contribution in [2.24, 2.45) is 5.41 Å². The normalized spacial score (nSPS) is 36.9. The van der Waals surface area contributed by atoms with Crippen LogP contribution < -0.4 is 5.32 Å². The molecule has 2 atom stereocenters. The van der Waals surface area contributed by atoms with Crippen molar-refractivity contribution in [1.29, 1.82) is 0 Å². The van der Waals surface area contributed by atoms with Gasteiger partial charge in [0, 0.05) is 32.2 Å². The maximum Gasteiger partial charge on any atom is 0.229 e. The number of amides is 1. The molecule has 0 aromatic rings. The first kappa shape index (κ1) is 13.4. The van der Waals surface area contributed by atoms with E-state index in [2.05, 4.69) is 22.0 Å². The molecule has 0 aliphatic carbocycles. The summed E-state index contributed by atoms with van der Waals surface area (Å²) in [4.78, 5) is 17.6. The molecule has 1 N–H and O–H groups in total. The summed E-state index contributed by atoms with van der Waals surface area (Å²) >= 11 is 0. The lowest BCUT2D eigenvalue weighted by Gasteiger charge is -2.38. The van der Waals surface area contributed by atoms with Crippen molar-refractivity contribution >= 4 is 5.91 Å². The molecule has 3 heterocycles. The van der Waals surface area contributed by atoms with E-state index in [4.69, 9.17) is 0 Å². The summed E-state index contributed by atoms with van der Waals surface area (Å²) in [6.07, 6.45) is 5.91. The molecule has 0 spiro atoms. The average molecular weight is 265 g/mol. The van der Waals surface area contributed by atoms with Gasteiger partial charge >= 0.3 is 0 Å². The summed E-state index contributed by atoms with van der Waals surface area (Å²) in [5.74, 6) is 0.397. The molecule has 0 saturated carbocycles. The van der Waals surface area contributed by atoms with E-state index in [0.717, 1.165) is 45.4 Å². The molecule has 1 amide bonds. The molecule has 19 heavy (non-hydrogen) atoms. The Balaban J connectivity index is 1.68. The first-order chi connectivity index (χ1) is 9.19. The highest BCUT2D eigenvalue weighted by atomic mass is 16.2. The molecule has 4 nitrogen and oxygen atoms in total. The number of carbonyl (C=O) groups is 1. The molecule has 3 rings (SSSR count). The molecule has 3 fully saturated rings. The van der Waals surface area contributed by atoms with Crippen LogP contribution in [0.3, 0.4) is 0 Å². The van der Waals surface area contributed by atoms with Gasteiger partial charge < -0.3 is 10.2 Å². The van der Waals surface area contributed by atoms with Crippen molar-refractivity contribution in [3.8, 4) is 0 Å². The monoisotopic (exact) mass is 265 g/mol. The number of fused-ring (bicyclic) bond motifs is 1. The number of carbonyl (C=O) groups excluding carboxylic acids is 1. The Labute approximate surface area is 116 Å². The van der Waals surface area contributed by atoms with Crippen LogP contribution >= 0.6 is 0 Å². The molecule has 2 unspecified atom stereocenters. The van der Waals surface area contributed by atoms with E-state index >= 15 is 0 Å². The number of hydrogen-bond donors (Lipinski definition) is 1. The van der Waals surface area contributed by atoms with Crippen LogP contribution in [0.1, 0.15) is 39.0 Å². The van der Waals surface area contributed by atoms with E-state index in [9.17, 15) is 4.79 Å². The fraction of sp³-hybridized carbons (Fsp3) is 0.933. The molecule has 4 heteroatoms. The van der Waals surface area contributed by atoms with Gasteiger partial charge in [0.2, 0.25) is 5.91 Å². The number of nitrogens with one attached hydrogen (secondary N) is 1. The Morgan fingerprint density at radius 3 is 2.84 bits per heavy atom. The van der Waals surface area contributed by atoms with E-state index in [-0.39, 0.29) is 5.41 Å². The van der Waals surface area contributed by atoms with Crippen LogP contribution in [-0.4, -0.2) is 61.0 Å². The third kappa shape index (κ3) is 2.65. The minimum atomic E-state index is -0.161. The van der Waals surface area contributed by atoms with Crippen molar-refractivity contribution < 1.29 is 4.79 Å². The molecule has 0 aromatic carbocycles. The van der Waals surface area contributed by atoms with Gasteiger partial charge in [-0.2, -0.15) is 0 Å². The third-order valence-electron chi connectivity index (χ3n) is 5.20.